The van der Waals surface area contributed by atoms with Gasteiger partial charge in [-0.2, -0.15) is 0 Å². The van der Waals surface area contributed by atoms with Crippen LogP contribution >= 0.6 is 0 Å². The van der Waals surface area contributed by atoms with E-state index in [1.54, 1.807) is 6.92 Å². The average molecular weight is 140 g/mol. The normalized spacial score (nSPS) is 11.9. The lowest BCUT2D eigenvalue weighted by atomic mass is 10.1. The SMILES string of the molecule is CC#C[C@@H](O)CCCCC. The highest BCUT2D eigenvalue weighted by Crippen LogP contribution is 2.01. The Labute approximate surface area is 63.5 Å². The molecule has 0 rings (SSSR count). The second-order valence-electron chi connectivity index (χ2n) is 2.41. The first-order valence-electron chi connectivity index (χ1n) is 3.91. The number of hydrogen-bond acceptors (Lipinski definition) is 1. The Morgan fingerprint density at radius 2 is 2.10 bits per heavy atom. The molecule has 10 heavy (non-hydrogen) atoms. The van der Waals surface area contributed by atoms with E-state index in [9.17, 15) is 0 Å². The van der Waals surface area contributed by atoms with Gasteiger partial charge in [0, 0.05) is 0 Å². The molecule has 0 aromatic rings. The van der Waals surface area contributed by atoms with E-state index in [0.717, 1.165) is 12.8 Å². The van der Waals surface area contributed by atoms with Crippen molar-refractivity contribution in [2.45, 2.75) is 45.6 Å². The molecule has 0 bridgehead atoms. The minimum absolute atomic E-state index is 0.392. The summed E-state index contributed by atoms with van der Waals surface area (Å²) in [7, 11) is 0. The summed E-state index contributed by atoms with van der Waals surface area (Å²) in [5.74, 6) is 5.40. The van der Waals surface area contributed by atoms with Crippen LogP contribution in [0.4, 0.5) is 0 Å². The fourth-order valence-corrected chi connectivity index (χ4v) is 0.826. The summed E-state index contributed by atoms with van der Waals surface area (Å²) in [6.07, 6.45) is 3.92. The van der Waals surface area contributed by atoms with Gasteiger partial charge in [0.2, 0.25) is 0 Å². The molecule has 0 radical (unpaired) electrons. The summed E-state index contributed by atoms with van der Waals surface area (Å²) in [5, 5.41) is 9.10. The van der Waals surface area contributed by atoms with Crippen LogP contribution in [-0.4, -0.2) is 11.2 Å². The monoisotopic (exact) mass is 140 g/mol. The summed E-state index contributed by atoms with van der Waals surface area (Å²) >= 11 is 0. The molecule has 0 saturated carbocycles. The van der Waals surface area contributed by atoms with E-state index in [-0.39, 0.29) is 0 Å². The van der Waals surface area contributed by atoms with E-state index in [1.165, 1.54) is 12.8 Å². The van der Waals surface area contributed by atoms with Crippen molar-refractivity contribution in [1.82, 2.24) is 0 Å². The molecule has 0 aliphatic carbocycles. The molecule has 0 fully saturated rings. The van der Waals surface area contributed by atoms with E-state index < -0.39 is 6.10 Å². The Bertz CT molecular complexity index is 118. The fraction of sp³-hybridized carbons (Fsp3) is 0.778. The molecular weight excluding hydrogens is 124 g/mol. The number of rotatable bonds is 4. The van der Waals surface area contributed by atoms with Gasteiger partial charge in [-0.05, 0) is 19.8 Å². The second kappa shape index (κ2) is 6.64. The van der Waals surface area contributed by atoms with Crippen molar-refractivity contribution < 1.29 is 5.11 Å². The fourth-order valence-electron chi connectivity index (χ4n) is 0.826. The van der Waals surface area contributed by atoms with Crippen molar-refractivity contribution in [2.24, 2.45) is 0 Å². The summed E-state index contributed by atoms with van der Waals surface area (Å²) < 4.78 is 0. The van der Waals surface area contributed by atoms with Gasteiger partial charge in [0.15, 0.2) is 0 Å². The van der Waals surface area contributed by atoms with Crippen LogP contribution in [0, 0.1) is 11.8 Å². The lowest BCUT2D eigenvalue weighted by molar-refractivity contribution is 0.217. The van der Waals surface area contributed by atoms with Crippen molar-refractivity contribution in [3.8, 4) is 11.8 Å². The van der Waals surface area contributed by atoms with Gasteiger partial charge >= 0.3 is 0 Å². The predicted molar refractivity (Wildman–Crippen MR) is 43.6 cm³/mol. The van der Waals surface area contributed by atoms with Gasteiger partial charge < -0.3 is 5.11 Å². The first kappa shape index (κ1) is 9.52. The molecule has 0 aliphatic rings. The highest BCUT2D eigenvalue weighted by Gasteiger charge is 1.96. The lowest BCUT2D eigenvalue weighted by Gasteiger charge is -2.00. The molecule has 0 spiro atoms. The van der Waals surface area contributed by atoms with Gasteiger partial charge in [0.1, 0.15) is 6.10 Å². The van der Waals surface area contributed by atoms with Gasteiger partial charge in [-0.1, -0.05) is 25.7 Å². The Kier molecular flexibility index (Phi) is 6.32. The third-order valence-electron chi connectivity index (χ3n) is 1.39. The summed E-state index contributed by atoms with van der Waals surface area (Å²) in [6.45, 7) is 3.90. The minimum atomic E-state index is -0.392. The topological polar surface area (TPSA) is 20.2 Å². The third kappa shape index (κ3) is 5.65. The molecule has 58 valence electrons. The molecule has 0 heterocycles. The maximum atomic E-state index is 9.10. The van der Waals surface area contributed by atoms with Crippen LogP contribution < -0.4 is 0 Å². The van der Waals surface area contributed by atoms with Crippen LogP contribution in [0.25, 0.3) is 0 Å². The summed E-state index contributed by atoms with van der Waals surface area (Å²) in [6, 6.07) is 0. The first-order chi connectivity index (χ1) is 4.81. The smallest absolute Gasteiger partial charge is 0.114 e. The molecule has 0 amide bonds. The van der Waals surface area contributed by atoms with E-state index in [1.807, 2.05) is 0 Å². The van der Waals surface area contributed by atoms with E-state index in [0.29, 0.717) is 0 Å². The van der Waals surface area contributed by atoms with Crippen molar-refractivity contribution in [1.29, 1.82) is 0 Å². The van der Waals surface area contributed by atoms with Crippen LogP contribution in [0.1, 0.15) is 39.5 Å². The molecule has 0 aliphatic heterocycles. The van der Waals surface area contributed by atoms with Crippen LogP contribution in [0.2, 0.25) is 0 Å². The molecule has 1 atom stereocenters. The standard InChI is InChI=1S/C9H16O/c1-3-5-6-8-9(10)7-4-2/h9-10H,3,5-6,8H2,1-2H3/t9-/m1/s1. The van der Waals surface area contributed by atoms with Gasteiger partial charge in [-0.15, -0.1) is 5.92 Å². The Balaban J connectivity index is 3.18. The van der Waals surface area contributed by atoms with E-state index >= 15 is 0 Å². The highest BCUT2D eigenvalue weighted by molar-refractivity contribution is 5.01. The zero-order valence-electron chi connectivity index (χ0n) is 6.85. The molecule has 0 aromatic heterocycles. The van der Waals surface area contributed by atoms with Crippen LogP contribution in [0.5, 0.6) is 0 Å². The van der Waals surface area contributed by atoms with Crippen LogP contribution in [0.3, 0.4) is 0 Å². The van der Waals surface area contributed by atoms with Gasteiger partial charge in [-0.3, -0.25) is 0 Å². The predicted octanol–water partition coefficient (Wildman–Crippen LogP) is 1.95. The summed E-state index contributed by atoms with van der Waals surface area (Å²) in [5.41, 5.74) is 0. The summed E-state index contributed by atoms with van der Waals surface area (Å²) in [4.78, 5) is 0. The third-order valence-corrected chi connectivity index (χ3v) is 1.39. The van der Waals surface area contributed by atoms with Gasteiger partial charge in [-0.25, -0.2) is 0 Å². The molecule has 0 saturated heterocycles. The molecule has 0 unspecified atom stereocenters. The number of hydrogen-bond donors (Lipinski definition) is 1. The molecule has 0 aromatic carbocycles. The molecule has 1 heteroatoms. The van der Waals surface area contributed by atoms with Crippen LogP contribution in [0.15, 0.2) is 0 Å². The van der Waals surface area contributed by atoms with E-state index in [4.69, 9.17) is 5.11 Å². The zero-order chi connectivity index (χ0) is 7.82. The Morgan fingerprint density at radius 1 is 1.40 bits per heavy atom. The number of unbranched alkanes of at least 4 members (excludes halogenated alkanes) is 2. The Hall–Kier alpha value is -0.480. The maximum Gasteiger partial charge on any atom is 0.114 e. The van der Waals surface area contributed by atoms with Gasteiger partial charge in [0.25, 0.3) is 0 Å². The Morgan fingerprint density at radius 3 is 2.60 bits per heavy atom. The number of aliphatic hydroxyl groups excluding tert-OH is 1. The average Bonchev–Trinajstić information content (AvgIpc) is 1.89. The van der Waals surface area contributed by atoms with E-state index in [2.05, 4.69) is 18.8 Å². The van der Waals surface area contributed by atoms with Crippen molar-refractivity contribution >= 4 is 0 Å². The minimum Gasteiger partial charge on any atom is -0.380 e. The van der Waals surface area contributed by atoms with Crippen molar-refractivity contribution in [2.75, 3.05) is 0 Å². The molecule has 1 nitrogen and oxygen atoms in total. The molecule has 1 N–H and O–H groups in total. The number of aliphatic hydroxyl groups is 1. The maximum absolute atomic E-state index is 9.10. The zero-order valence-corrected chi connectivity index (χ0v) is 6.85. The molecular formula is C9H16O. The first-order valence-corrected chi connectivity index (χ1v) is 3.91. The second-order valence-corrected chi connectivity index (χ2v) is 2.41. The highest BCUT2D eigenvalue weighted by atomic mass is 16.3. The lowest BCUT2D eigenvalue weighted by Crippen LogP contribution is -2.01. The van der Waals surface area contributed by atoms with Crippen molar-refractivity contribution in [3.63, 3.8) is 0 Å². The van der Waals surface area contributed by atoms with Crippen LogP contribution in [-0.2, 0) is 0 Å². The van der Waals surface area contributed by atoms with Gasteiger partial charge in [0.05, 0.1) is 0 Å². The quantitative estimate of drug-likeness (QED) is 0.467. The van der Waals surface area contributed by atoms with Crippen molar-refractivity contribution in [3.05, 3.63) is 0 Å². The largest absolute Gasteiger partial charge is 0.380 e.